The largest absolute Gasteiger partial charge is 2.00 e. The van der Waals surface area contributed by atoms with Gasteiger partial charge in [-0.3, -0.25) is 0 Å². The van der Waals surface area contributed by atoms with E-state index in [1.807, 2.05) is 0 Å². The van der Waals surface area contributed by atoms with Crippen molar-refractivity contribution >= 4 is 58.0 Å². The van der Waals surface area contributed by atoms with Gasteiger partial charge in [-0.15, -0.1) is 0 Å². The zero-order chi connectivity index (χ0) is 9.28. The van der Waals surface area contributed by atoms with E-state index in [0.29, 0.717) is 0 Å². The second kappa shape index (κ2) is 5.08. The third-order valence-electron chi connectivity index (χ3n) is 0.977. The van der Waals surface area contributed by atoms with Crippen molar-refractivity contribution in [2.45, 2.75) is 17.9 Å². The average molecular weight is 242 g/mol. The molecule has 0 spiro atoms. The topological polar surface area (TPSA) is 114 Å². The molecule has 0 saturated carbocycles. The molecule has 0 rings (SSSR count). The van der Waals surface area contributed by atoms with Gasteiger partial charge in [0.2, 0.25) is 0 Å². The van der Waals surface area contributed by atoms with Crippen LogP contribution in [-0.4, -0.2) is 68.3 Å². The molecule has 9 heteroatoms. The van der Waals surface area contributed by atoms with Gasteiger partial charge in [-0.25, -0.2) is 16.8 Å². The molecule has 0 atom stereocenters. The van der Waals surface area contributed by atoms with Gasteiger partial charge in [0.05, 0.1) is 0 Å². The van der Waals surface area contributed by atoms with Crippen molar-refractivity contribution < 1.29 is 25.9 Å². The molecule has 0 radical (unpaired) electrons. The molecule has 0 unspecified atom stereocenters. The predicted octanol–water partition coefficient (Wildman–Crippen LogP) is -1.57. The monoisotopic (exact) mass is 242 g/mol. The van der Waals surface area contributed by atoms with E-state index in [4.69, 9.17) is 0 Å². The minimum Gasteiger partial charge on any atom is -0.747 e. The van der Waals surface area contributed by atoms with Crippen LogP contribution in [0.25, 0.3) is 0 Å². The Kier molecular flexibility index (Phi) is 6.59. The van der Waals surface area contributed by atoms with Gasteiger partial charge in [0, 0.05) is 0 Å². The Morgan fingerprint density at radius 1 is 1.08 bits per heavy atom. The van der Waals surface area contributed by atoms with Crippen LogP contribution in [0.4, 0.5) is 0 Å². The van der Waals surface area contributed by atoms with Gasteiger partial charge in [-0.1, -0.05) is 6.92 Å². The van der Waals surface area contributed by atoms with Gasteiger partial charge in [0.15, 0.2) is 0 Å². The van der Waals surface area contributed by atoms with Crippen molar-refractivity contribution in [3.63, 3.8) is 0 Å². The molecular weight excluding hydrogens is 236 g/mol. The first-order valence-electron chi connectivity index (χ1n) is 2.59. The fraction of sp³-hybridized carbons (Fsp3) is 1.00. The molecule has 0 N–H and O–H groups in total. The molecule has 0 aromatic heterocycles. The Bertz CT molecular complexity index is 283. The maximum atomic E-state index is 10.1. The molecule has 0 fully saturated rings. The number of rotatable bonds is 3. The van der Waals surface area contributed by atoms with Gasteiger partial charge >= 0.3 is 37.7 Å². The molecule has 0 heterocycles. The summed E-state index contributed by atoms with van der Waals surface area (Å²) in [6, 6.07) is 0. The molecule has 0 aromatic rings. The zero-order valence-corrected chi connectivity index (χ0v) is 10.1. The third-order valence-corrected chi connectivity index (χ3v) is 4.35. The van der Waals surface area contributed by atoms with Crippen LogP contribution < -0.4 is 0 Å². The average Bonchev–Trinajstić information content (AvgIpc) is 1.56. The first kappa shape index (κ1) is 15.5. The van der Waals surface area contributed by atoms with Gasteiger partial charge < -0.3 is 9.11 Å². The van der Waals surface area contributed by atoms with Crippen LogP contribution in [0.15, 0.2) is 0 Å². The second-order valence-corrected chi connectivity index (χ2v) is 5.23. The molecule has 0 aromatic carbocycles. The quantitative estimate of drug-likeness (QED) is 0.436. The summed E-state index contributed by atoms with van der Waals surface area (Å²) in [4.78, 5) is 0. The van der Waals surface area contributed by atoms with Crippen LogP contribution in [0.3, 0.4) is 0 Å². The normalized spacial score (nSPS) is 12.7. The summed E-state index contributed by atoms with van der Waals surface area (Å²) in [6.07, 6.45) is -0.516. The van der Waals surface area contributed by atoms with Crippen LogP contribution in [0, 0.1) is 0 Å². The van der Waals surface area contributed by atoms with Crippen molar-refractivity contribution in [2.24, 2.45) is 0 Å². The van der Waals surface area contributed by atoms with E-state index in [1.165, 1.54) is 0 Å². The van der Waals surface area contributed by atoms with Crippen molar-refractivity contribution in [1.29, 1.82) is 0 Å². The minimum absolute atomic E-state index is 0. The van der Waals surface area contributed by atoms with Crippen molar-refractivity contribution in [1.82, 2.24) is 0 Å². The van der Waals surface area contributed by atoms with Crippen LogP contribution in [-0.2, 0) is 20.2 Å². The molecule has 0 aliphatic rings. The maximum absolute atomic E-state index is 10.1. The summed E-state index contributed by atoms with van der Waals surface area (Å²) in [7, 11) is -10.0. The Morgan fingerprint density at radius 3 is 1.33 bits per heavy atom. The summed E-state index contributed by atoms with van der Waals surface area (Å²) in [5.74, 6) is 0. The van der Waals surface area contributed by atoms with E-state index in [9.17, 15) is 25.9 Å². The number of hydrogen-bond donors (Lipinski definition) is 0. The fourth-order valence-corrected chi connectivity index (χ4v) is 2.52. The molecular formula is C3H6CaO6S2. The van der Waals surface area contributed by atoms with Gasteiger partial charge in [0.25, 0.3) is 0 Å². The van der Waals surface area contributed by atoms with E-state index < -0.39 is 31.2 Å². The first-order chi connectivity index (χ1) is 4.69. The van der Waals surface area contributed by atoms with E-state index in [-0.39, 0.29) is 37.7 Å². The van der Waals surface area contributed by atoms with Gasteiger partial charge in [-0.05, 0) is 6.42 Å². The van der Waals surface area contributed by atoms with E-state index in [2.05, 4.69) is 0 Å². The summed E-state index contributed by atoms with van der Waals surface area (Å²) < 4.78 is 58.1. The fourth-order valence-electron chi connectivity index (χ4n) is 0.553. The number of hydrogen-bond acceptors (Lipinski definition) is 6. The standard InChI is InChI=1S/C3H8O6S2.Ca/c1-2-3(10(4,5)6)11(7,8)9;/h3H,2H2,1H3,(H,4,5,6)(H,7,8,9);/q;+2/p-2. The molecule has 0 bridgehead atoms. The van der Waals surface area contributed by atoms with Crippen LogP contribution in [0.1, 0.15) is 13.3 Å². The van der Waals surface area contributed by atoms with Crippen LogP contribution in [0.5, 0.6) is 0 Å². The Labute approximate surface area is 101 Å². The van der Waals surface area contributed by atoms with Crippen molar-refractivity contribution in [2.75, 3.05) is 0 Å². The maximum Gasteiger partial charge on any atom is 2.00 e. The smallest absolute Gasteiger partial charge is 0.747 e. The molecule has 0 aliphatic heterocycles. The summed E-state index contributed by atoms with van der Waals surface area (Å²) in [6.45, 7) is 1.13. The van der Waals surface area contributed by atoms with Crippen LogP contribution in [0.2, 0.25) is 0 Å². The molecule has 68 valence electrons. The van der Waals surface area contributed by atoms with Crippen LogP contribution >= 0.6 is 0 Å². The van der Waals surface area contributed by atoms with Crippen molar-refractivity contribution in [3.8, 4) is 0 Å². The first-order valence-corrected chi connectivity index (χ1v) is 5.53. The van der Waals surface area contributed by atoms with E-state index >= 15 is 0 Å². The molecule has 0 amide bonds. The summed E-state index contributed by atoms with van der Waals surface area (Å²) in [5.41, 5.74) is 0. The molecule has 12 heavy (non-hydrogen) atoms. The Balaban J connectivity index is 0. The SMILES string of the molecule is CCC(S(=O)(=O)[O-])S(=O)(=O)[O-].[Ca+2]. The second-order valence-electron chi connectivity index (χ2n) is 1.82. The summed E-state index contributed by atoms with van der Waals surface area (Å²) in [5, 5.41) is 0. The molecule has 6 nitrogen and oxygen atoms in total. The van der Waals surface area contributed by atoms with E-state index in [0.717, 1.165) is 6.92 Å². The molecule has 0 saturated heterocycles. The Hall–Kier alpha value is 1.08. The van der Waals surface area contributed by atoms with Crippen molar-refractivity contribution in [3.05, 3.63) is 0 Å². The minimum atomic E-state index is -5.02. The molecule has 0 aliphatic carbocycles. The predicted molar refractivity (Wildman–Crippen MR) is 39.2 cm³/mol. The summed E-state index contributed by atoms with van der Waals surface area (Å²) >= 11 is 0. The third kappa shape index (κ3) is 4.95. The van der Waals surface area contributed by atoms with Gasteiger partial charge in [0.1, 0.15) is 24.8 Å². The zero-order valence-electron chi connectivity index (χ0n) is 6.26. The van der Waals surface area contributed by atoms with Gasteiger partial charge in [-0.2, -0.15) is 0 Å². The Morgan fingerprint density at radius 2 is 1.33 bits per heavy atom. The van der Waals surface area contributed by atoms with E-state index in [1.54, 1.807) is 0 Å².